The van der Waals surface area contributed by atoms with Crippen LogP contribution in [0, 0.1) is 0 Å². The molecule has 7 nitrogen and oxygen atoms in total. The van der Waals surface area contributed by atoms with Gasteiger partial charge in [-0.1, -0.05) is 12.1 Å². The van der Waals surface area contributed by atoms with Gasteiger partial charge in [0.1, 0.15) is 5.75 Å². The Morgan fingerprint density at radius 1 is 1.09 bits per heavy atom. The number of carbonyl (C=O) groups is 1. The minimum absolute atomic E-state index is 0.0227. The van der Waals surface area contributed by atoms with Crippen LogP contribution in [0.1, 0.15) is 18.4 Å². The lowest BCUT2D eigenvalue weighted by Gasteiger charge is -2.34. The minimum Gasteiger partial charge on any atom is -0.497 e. The van der Waals surface area contributed by atoms with Crippen LogP contribution in [0.25, 0.3) is 0 Å². The van der Waals surface area contributed by atoms with Gasteiger partial charge in [-0.2, -0.15) is 0 Å². The maximum Gasteiger partial charge on any atom is 0.228 e. The maximum absolute atomic E-state index is 12.4. The number of hydrogen-bond acceptors (Lipinski definition) is 5. The van der Waals surface area contributed by atoms with Crippen molar-refractivity contribution in [1.29, 1.82) is 0 Å². The van der Waals surface area contributed by atoms with Gasteiger partial charge in [-0.3, -0.25) is 4.79 Å². The third-order valence-corrected chi connectivity index (χ3v) is 5.90. The first-order valence-corrected chi connectivity index (χ1v) is 11.2. The number of amides is 1. The Bertz CT molecular complexity index is 963. The first-order valence-electron chi connectivity index (χ1n) is 11.2. The fourth-order valence-electron chi connectivity index (χ4n) is 4.05. The molecule has 1 amide bonds. The Hall–Kier alpha value is -3.32. The zero-order valence-electron chi connectivity index (χ0n) is 18.5. The molecule has 0 unspecified atom stereocenters. The fraction of sp³-hybridized carbons (Fsp3) is 0.360. The lowest BCUT2D eigenvalue weighted by molar-refractivity contribution is -0.115. The van der Waals surface area contributed by atoms with Gasteiger partial charge in [-0.25, -0.2) is 4.98 Å². The van der Waals surface area contributed by atoms with Crippen molar-refractivity contribution in [1.82, 2.24) is 14.9 Å². The van der Waals surface area contributed by atoms with E-state index in [2.05, 4.69) is 37.2 Å². The summed E-state index contributed by atoms with van der Waals surface area (Å²) < 4.78 is 7.25. The molecule has 1 aliphatic rings. The van der Waals surface area contributed by atoms with E-state index in [-0.39, 0.29) is 5.91 Å². The maximum atomic E-state index is 12.4. The average Bonchev–Trinajstić information content (AvgIpc) is 3.34. The van der Waals surface area contributed by atoms with E-state index in [4.69, 9.17) is 4.74 Å². The van der Waals surface area contributed by atoms with E-state index in [1.54, 1.807) is 7.11 Å². The lowest BCUT2D eigenvalue weighted by Crippen LogP contribution is -2.43. The highest BCUT2D eigenvalue weighted by Crippen LogP contribution is 2.22. The SMILES string of the molecule is COc1ccc(CC(=O)Nc2ccc(N3CCC(NCCn4ccnc4)CC3)cc2)cc1. The Labute approximate surface area is 189 Å². The summed E-state index contributed by atoms with van der Waals surface area (Å²) in [7, 11) is 1.63. The van der Waals surface area contributed by atoms with Gasteiger partial charge in [0, 0.05) is 56.0 Å². The number of methoxy groups -OCH3 is 1. The number of hydrogen-bond donors (Lipinski definition) is 2. The van der Waals surface area contributed by atoms with Crippen molar-refractivity contribution in [3.8, 4) is 5.75 Å². The highest BCUT2D eigenvalue weighted by atomic mass is 16.5. The molecule has 7 heteroatoms. The molecule has 0 saturated carbocycles. The van der Waals surface area contributed by atoms with Crippen molar-refractivity contribution < 1.29 is 9.53 Å². The number of aromatic nitrogens is 2. The summed E-state index contributed by atoms with van der Waals surface area (Å²) in [5.41, 5.74) is 2.99. The molecule has 2 N–H and O–H groups in total. The zero-order chi connectivity index (χ0) is 22.2. The second-order valence-electron chi connectivity index (χ2n) is 8.14. The molecule has 0 radical (unpaired) electrons. The molecule has 1 saturated heterocycles. The molecule has 2 heterocycles. The van der Waals surface area contributed by atoms with Crippen LogP contribution in [-0.2, 0) is 17.8 Å². The first-order chi connectivity index (χ1) is 15.7. The van der Waals surface area contributed by atoms with Gasteiger partial charge < -0.3 is 24.8 Å². The second-order valence-corrected chi connectivity index (χ2v) is 8.14. The number of rotatable bonds is 9. The number of anilines is 2. The van der Waals surface area contributed by atoms with Crippen molar-refractivity contribution in [3.05, 3.63) is 72.8 Å². The molecule has 1 fully saturated rings. The van der Waals surface area contributed by atoms with E-state index in [1.807, 2.05) is 55.1 Å². The number of nitrogens with zero attached hydrogens (tertiary/aromatic N) is 3. The summed E-state index contributed by atoms with van der Waals surface area (Å²) in [5.74, 6) is 0.768. The van der Waals surface area contributed by atoms with Crippen molar-refractivity contribution in [3.63, 3.8) is 0 Å². The van der Waals surface area contributed by atoms with Crippen LogP contribution >= 0.6 is 0 Å². The van der Waals surface area contributed by atoms with Gasteiger partial charge >= 0.3 is 0 Å². The summed E-state index contributed by atoms with van der Waals surface area (Å²) in [6, 6.07) is 16.3. The Balaban J connectivity index is 1.20. The van der Waals surface area contributed by atoms with Crippen LogP contribution in [0.15, 0.2) is 67.3 Å². The molecule has 1 aromatic heterocycles. The van der Waals surface area contributed by atoms with Crippen LogP contribution in [0.3, 0.4) is 0 Å². The summed E-state index contributed by atoms with van der Waals surface area (Å²) in [6.07, 6.45) is 8.27. The van der Waals surface area contributed by atoms with Gasteiger partial charge in [-0.05, 0) is 54.8 Å². The summed E-state index contributed by atoms with van der Waals surface area (Å²) in [4.78, 5) is 18.8. The molecule has 2 aromatic carbocycles. The number of ether oxygens (including phenoxy) is 1. The molecule has 0 aliphatic carbocycles. The van der Waals surface area contributed by atoms with Gasteiger partial charge in [0.05, 0.1) is 19.9 Å². The molecular weight excluding hydrogens is 402 g/mol. The van der Waals surface area contributed by atoms with Crippen molar-refractivity contribution in [2.24, 2.45) is 0 Å². The molecule has 3 aromatic rings. The number of benzene rings is 2. The van der Waals surface area contributed by atoms with Gasteiger partial charge in [0.15, 0.2) is 0 Å². The van der Waals surface area contributed by atoms with E-state index in [9.17, 15) is 4.79 Å². The highest BCUT2D eigenvalue weighted by molar-refractivity contribution is 5.92. The average molecular weight is 434 g/mol. The molecule has 32 heavy (non-hydrogen) atoms. The predicted octanol–water partition coefficient (Wildman–Crippen LogP) is 3.33. The van der Waals surface area contributed by atoms with Gasteiger partial charge in [-0.15, -0.1) is 0 Å². The normalized spacial score (nSPS) is 14.3. The largest absolute Gasteiger partial charge is 0.497 e. The molecule has 0 bridgehead atoms. The molecular formula is C25H31N5O2. The Kier molecular flexibility index (Phi) is 7.40. The van der Waals surface area contributed by atoms with E-state index in [0.717, 1.165) is 56.0 Å². The van der Waals surface area contributed by atoms with Gasteiger partial charge in [0.25, 0.3) is 0 Å². The van der Waals surface area contributed by atoms with Crippen LogP contribution < -0.4 is 20.3 Å². The van der Waals surface area contributed by atoms with Gasteiger partial charge in [0.2, 0.25) is 5.91 Å². The van der Waals surface area contributed by atoms with E-state index in [0.29, 0.717) is 12.5 Å². The summed E-state index contributed by atoms with van der Waals surface area (Å²) in [5, 5.41) is 6.64. The monoisotopic (exact) mass is 433 g/mol. The molecule has 4 rings (SSSR count). The van der Waals surface area contributed by atoms with Crippen molar-refractivity contribution in [2.75, 3.05) is 37.0 Å². The van der Waals surface area contributed by atoms with Crippen molar-refractivity contribution in [2.45, 2.75) is 31.8 Å². The first kappa shape index (κ1) is 21.9. The Morgan fingerprint density at radius 3 is 2.50 bits per heavy atom. The highest BCUT2D eigenvalue weighted by Gasteiger charge is 2.19. The summed E-state index contributed by atoms with van der Waals surface area (Å²) in [6.45, 7) is 3.98. The number of carbonyl (C=O) groups excluding carboxylic acids is 1. The van der Waals surface area contributed by atoms with E-state index in [1.165, 1.54) is 5.69 Å². The molecule has 168 valence electrons. The van der Waals surface area contributed by atoms with Crippen LogP contribution in [-0.4, -0.2) is 48.2 Å². The molecule has 0 spiro atoms. The zero-order valence-corrected chi connectivity index (χ0v) is 18.5. The third kappa shape index (κ3) is 6.11. The Morgan fingerprint density at radius 2 is 1.84 bits per heavy atom. The van der Waals surface area contributed by atoms with Crippen molar-refractivity contribution >= 4 is 17.3 Å². The van der Waals surface area contributed by atoms with E-state index < -0.39 is 0 Å². The standard InChI is InChI=1S/C25H31N5O2/c1-32-24-8-2-20(3-9-24)18-25(31)28-22-4-6-23(7-5-22)30-14-10-21(11-15-30)27-13-17-29-16-12-26-19-29/h2-9,12,16,19,21,27H,10-11,13-15,17-18H2,1H3,(H,28,31). The van der Waals surface area contributed by atoms with Crippen LogP contribution in [0.5, 0.6) is 5.75 Å². The predicted molar refractivity (Wildman–Crippen MR) is 127 cm³/mol. The van der Waals surface area contributed by atoms with E-state index >= 15 is 0 Å². The lowest BCUT2D eigenvalue weighted by atomic mass is 10.0. The number of imidazole rings is 1. The molecule has 1 aliphatic heterocycles. The smallest absolute Gasteiger partial charge is 0.228 e. The quantitative estimate of drug-likeness (QED) is 0.542. The topological polar surface area (TPSA) is 71.4 Å². The fourth-order valence-corrected chi connectivity index (χ4v) is 4.05. The third-order valence-electron chi connectivity index (χ3n) is 5.90. The number of nitrogens with one attached hydrogen (secondary N) is 2. The second kappa shape index (κ2) is 10.8. The van der Waals surface area contributed by atoms with Crippen LogP contribution in [0.2, 0.25) is 0 Å². The summed E-state index contributed by atoms with van der Waals surface area (Å²) >= 11 is 0. The minimum atomic E-state index is -0.0227. The molecule has 0 atom stereocenters. The van der Waals surface area contributed by atoms with Crippen LogP contribution in [0.4, 0.5) is 11.4 Å². The number of piperidine rings is 1.